The predicted molar refractivity (Wildman–Crippen MR) is 72.0 cm³/mol. The van der Waals surface area contributed by atoms with Crippen LogP contribution in [0.25, 0.3) is 0 Å². The number of para-hydroxylation sites is 1. The van der Waals surface area contributed by atoms with Gasteiger partial charge >= 0.3 is 5.97 Å². The fraction of sp³-hybridized carbons (Fsp3) is 0.214. The van der Waals surface area contributed by atoms with Gasteiger partial charge in [-0.3, -0.25) is 0 Å². The average Bonchev–Trinajstić information content (AvgIpc) is 2.69. The molecule has 2 aromatic rings. The molecule has 2 heterocycles. The molecule has 1 N–H and O–H groups in total. The van der Waals surface area contributed by atoms with Crippen LogP contribution in [0.1, 0.15) is 15.9 Å². The number of carboxylic acids is 1. The Bertz CT molecular complexity index is 628. The Morgan fingerprint density at radius 3 is 2.75 bits per heavy atom. The predicted octanol–water partition coefficient (Wildman–Crippen LogP) is 1.57. The van der Waals surface area contributed by atoms with Crippen LogP contribution in [-0.4, -0.2) is 34.2 Å². The van der Waals surface area contributed by atoms with Crippen molar-refractivity contribution in [3.05, 3.63) is 47.8 Å². The van der Waals surface area contributed by atoms with Crippen molar-refractivity contribution in [1.82, 2.24) is 9.97 Å². The van der Waals surface area contributed by atoms with E-state index in [0.717, 1.165) is 11.3 Å². The summed E-state index contributed by atoms with van der Waals surface area (Å²) in [5.41, 5.74) is 1.15. The number of anilines is 1. The third-order valence-corrected chi connectivity index (χ3v) is 3.12. The van der Waals surface area contributed by atoms with Crippen molar-refractivity contribution in [1.29, 1.82) is 0 Å². The Morgan fingerprint density at radius 2 is 2.00 bits per heavy atom. The second-order valence-electron chi connectivity index (χ2n) is 4.45. The summed E-state index contributed by atoms with van der Waals surface area (Å²) >= 11 is 0. The lowest BCUT2D eigenvalue weighted by Gasteiger charge is -2.19. The topological polar surface area (TPSA) is 75.5 Å². The molecule has 1 aromatic carbocycles. The Hall–Kier alpha value is -2.63. The molecular weight excluding hydrogens is 258 g/mol. The first-order valence-electron chi connectivity index (χ1n) is 6.25. The van der Waals surface area contributed by atoms with Crippen LogP contribution in [0.2, 0.25) is 0 Å². The van der Waals surface area contributed by atoms with E-state index in [1.807, 2.05) is 29.2 Å². The van der Waals surface area contributed by atoms with Gasteiger partial charge in [-0.1, -0.05) is 18.2 Å². The van der Waals surface area contributed by atoms with Gasteiger partial charge in [-0.15, -0.1) is 0 Å². The van der Waals surface area contributed by atoms with E-state index >= 15 is 0 Å². The highest BCUT2D eigenvalue weighted by molar-refractivity contribution is 5.86. The van der Waals surface area contributed by atoms with Gasteiger partial charge in [0.2, 0.25) is 5.95 Å². The van der Waals surface area contributed by atoms with Crippen LogP contribution in [0.15, 0.2) is 36.7 Å². The van der Waals surface area contributed by atoms with Crippen molar-refractivity contribution in [3.63, 3.8) is 0 Å². The number of rotatable bonds is 2. The molecule has 0 saturated heterocycles. The minimum atomic E-state index is -1.03. The fourth-order valence-corrected chi connectivity index (χ4v) is 2.09. The number of fused-ring (bicyclic) bond motifs is 1. The Balaban J connectivity index is 1.85. The summed E-state index contributed by atoms with van der Waals surface area (Å²) < 4.78 is 5.67. The lowest BCUT2D eigenvalue weighted by atomic mass is 10.2. The normalized spacial score (nSPS) is 14.1. The van der Waals surface area contributed by atoms with Gasteiger partial charge in [0.15, 0.2) is 0 Å². The van der Waals surface area contributed by atoms with E-state index in [1.165, 1.54) is 12.4 Å². The summed E-state index contributed by atoms with van der Waals surface area (Å²) in [7, 11) is 0. The minimum Gasteiger partial charge on any atom is -0.491 e. The molecule has 0 fully saturated rings. The summed E-state index contributed by atoms with van der Waals surface area (Å²) in [5, 5.41) is 8.85. The number of benzene rings is 1. The van der Waals surface area contributed by atoms with Gasteiger partial charge in [0.1, 0.15) is 12.4 Å². The Labute approximate surface area is 115 Å². The molecule has 0 spiro atoms. The fourth-order valence-electron chi connectivity index (χ4n) is 2.09. The first-order chi connectivity index (χ1) is 9.74. The van der Waals surface area contributed by atoms with Gasteiger partial charge in [-0.25, -0.2) is 14.8 Å². The highest BCUT2D eigenvalue weighted by atomic mass is 16.5. The number of aromatic nitrogens is 2. The van der Waals surface area contributed by atoms with E-state index in [9.17, 15) is 4.79 Å². The van der Waals surface area contributed by atoms with Crippen LogP contribution >= 0.6 is 0 Å². The van der Waals surface area contributed by atoms with Gasteiger partial charge in [-0.05, 0) is 6.07 Å². The average molecular weight is 271 g/mol. The van der Waals surface area contributed by atoms with Crippen molar-refractivity contribution in [3.8, 4) is 5.75 Å². The van der Waals surface area contributed by atoms with Crippen LogP contribution in [0, 0.1) is 0 Å². The largest absolute Gasteiger partial charge is 0.491 e. The Morgan fingerprint density at radius 1 is 1.25 bits per heavy atom. The monoisotopic (exact) mass is 271 g/mol. The number of aromatic carboxylic acids is 1. The van der Waals surface area contributed by atoms with Crippen LogP contribution < -0.4 is 9.64 Å². The van der Waals surface area contributed by atoms with Crippen LogP contribution in [-0.2, 0) is 6.54 Å². The maximum Gasteiger partial charge on any atom is 0.338 e. The molecule has 3 rings (SSSR count). The molecule has 1 aromatic heterocycles. The van der Waals surface area contributed by atoms with Crippen LogP contribution in [0.3, 0.4) is 0 Å². The Kier molecular flexibility index (Phi) is 3.20. The quantitative estimate of drug-likeness (QED) is 0.893. The standard InChI is InChI=1S/C14H13N3O3/c18-13(19)11-7-15-14(16-8-11)17-5-6-20-12-4-2-1-3-10(12)9-17/h1-4,7-8H,5-6,9H2,(H,18,19). The zero-order valence-corrected chi connectivity index (χ0v) is 10.7. The second kappa shape index (κ2) is 5.16. The molecule has 0 bridgehead atoms. The van der Waals surface area contributed by atoms with E-state index in [-0.39, 0.29) is 5.56 Å². The molecule has 0 aliphatic carbocycles. The number of carbonyl (C=O) groups is 1. The van der Waals surface area contributed by atoms with E-state index < -0.39 is 5.97 Å². The molecule has 0 saturated carbocycles. The summed E-state index contributed by atoms with van der Waals surface area (Å²) in [6.07, 6.45) is 2.64. The van der Waals surface area contributed by atoms with Crippen molar-refractivity contribution in [2.24, 2.45) is 0 Å². The van der Waals surface area contributed by atoms with Crippen LogP contribution in [0.4, 0.5) is 5.95 Å². The van der Waals surface area contributed by atoms with Crippen molar-refractivity contribution >= 4 is 11.9 Å². The molecule has 0 amide bonds. The van der Waals surface area contributed by atoms with Crippen molar-refractivity contribution in [2.45, 2.75) is 6.54 Å². The summed E-state index contributed by atoms with van der Waals surface area (Å²) in [6.45, 7) is 1.84. The number of ether oxygens (including phenoxy) is 1. The van der Waals surface area contributed by atoms with E-state index in [0.29, 0.717) is 25.6 Å². The molecular formula is C14H13N3O3. The second-order valence-corrected chi connectivity index (χ2v) is 4.45. The zero-order chi connectivity index (χ0) is 13.9. The highest BCUT2D eigenvalue weighted by Crippen LogP contribution is 2.24. The van der Waals surface area contributed by atoms with Crippen molar-refractivity contribution < 1.29 is 14.6 Å². The maximum atomic E-state index is 10.8. The van der Waals surface area contributed by atoms with E-state index in [1.54, 1.807) is 0 Å². The molecule has 6 heteroatoms. The zero-order valence-electron chi connectivity index (χ0n) is 10.7. The third kappa shape index (κ3) is 2.40. The molecule has 0 unspecified atom stereocenters. The summed E-state index contributed by atoms with van der Waals surface area (Å²) in [5.74, 6) is 0.355. The van der Waals surface area contributed by atoms with Crippen molar-refractivity contribution in [2.75, 3.05) is 18.1 Å². The molecule has 0 radical (unpaired) electrons. The first kappa shape index (κ1) is 12.4. The lowest BCUT2D eigenvalue weighted by Crippen LogP contribution is -2.27. The molecule has 20 heavy (non-hydrogen) atoms. The first-order valence-corrected chi connectivity index (χ1v) is 6.25. The third-order valence-electron chi connectivity index (χ3n) is 3.12. The molecule has 102 valence electrons. The molecule has 6 nitrogen and oxygen atoms in total. The van der Waals surface area contributed by atoms with E-state index in [2.05, 4.69) is 9.97 Å². The number of nitrogens with zero attached hydrogens (tertiary/aromatic N) is 3. The van der Waals surface area contributed by atoms with Gasteiger partial charge in [0.25, 0.3) is 0 Å². The van der Waals surface area contributed by atoms with Gasteiger partial charge in [-0.2, -0.15) is 0 Å². The molecule has 0 atom stereocenters. The molecule has 1 aliphatic heterocycles. The lowest BCUT2D eigenvalue weighted by molar-refractivity contribution is 0.0696. The minimum absolute atomic E-state index is 0.0835. The number of hydrogen-bond acceptors (Lipinski definition) is 5. The smallest absolute Gasteiger partial charge is 0.338 e. The van der Waals surface area contributed by atoms with Gasteiger partial charge < -0.3 is 14.7 Å². The van der Waals surface area contributed by atoms with E-state index in [4.69, 9.17) is 9.84 Å². The van der Waals surface area contributed by atoms with Gasteiger partial charge in [0.05, 0.1) is 12.1 Å². The highest BCUT2D eigenvalue weighted by Gasteiger charge is 2.17. The molecule has 1 aliphatic rings. The SMILES string of the molecule is O=C(O)c1cnc(N2CCOc3ccccc3C2)nc1. The number of carboxylic acid groups (broad SMARTS) is 1. The van der Waals surface area contributed by atoms with Gasteiger partial charge in [0, 0.05) is 24.5 Å². The van der Waals surface area contributed by atoms with Crippen LogP contribution in [0.5, 0.6) is 5.75 Å². The number of hydrogen-bond donors (Lipinski definition) is 1. The summed E-state index contributed by atoms with van der Waals surface area (Å²) in [6, 6.07) is 7.83. The summed E-state index contributed by atoms with van der Waals surface area (Å²) in [4.78, 5) is 21.0. The maximum absolute atomic E-state index is 10.8.